The van der Waals surface area contributed by atoms with Gasteiger partial charge in [0.1, 0.15) is 26.1 Å². The molecule has 0 atom stereocenters. The summed E-state index contributed by atoms with van der Waals surface area (Å²) in [4.78, 5) is 28.4. The van der Waals surface area contributed by atoms with E-state index in [4.69, 9.17) is 9.47 Å². The van der Waals surface area contributed by atoms with Crippen LogP contribution in [-0.4, -0.2) is 69.9 Å². The Morgan fingerprint density at radius 3 is 2.55 bits per heavy atom. The van der Waals surface area contributed by atoms with Gasteiger partial charge in [-0.1, -0.05) is 0 Å². The van der Waals surface area contributed by atoms with E-state index in [1.165, 1.54) is 15.9 Å². The van der Waals surface area contributed by atoms with Gasteiger partial charge in [0.2, 0.25) is 5.91 Å². The number of ether oxygens (including phenoxy) is 2. The quantitative estimate of drug-likeness (QED) is 0.661. The largest absolute Gasteiger partial charge is 0.486 e. The van der Waals surface area contributed by atoms with E-state index in [0.29, 0.717) is 43.5 Å². The molecule has 0 saturated carbocycles. The molecule has 2 aromatic carbocycles. The summed E-state index contributed by atoms with van der Waals surface area (Å²) in [7, 11) is 0. The average molecular weight is 421 g/mol. The lowest BCUT2D eigenvalue weighted by atomic mass is 10.2. The van der Waals surface area contributed by atoms with Gasteiger partial charge in [0, 0.05) is 30.5 Å². The van der Waals surface area contributed by atoms with Crippen molar-refractivity contribution in [2.45, 2.75) is 0 Å². The van der Waals surface area contributed by atoms with Crippen LogP contribution in [0.15, 0.2) is 48.8 Å². The van der Waals surface area contributed by atoms with E-state index in [1.807, 2.05) is 6.07 Å². The van der Waals surface area contributed by atoms with Gasteiger partial charge >= 0.3 is 6.03 Å². The van der Waals surface area contributed by atoms with Gasteiger partial charge in [-0.25, -0.2) is 9.48 Å². The Bertz CT molecular complexity index is 1100. The maximum atomic E-state index is 12.8. The van der Waals surface area contributed by atoms with Crippen molar-refractivity contribution in [3.63, 3.8) is 0 Å². The van der Waals surface area contributed by atoms with Gasteiger partial charge in [-0.3, -0.25) is 9.69 Å². The lowest BCUT2D eigenvalue weighted by molar-refractivity contribution is -0.116. The minimum Gasteiger partial charge on any atom is -0.486 e. The third-order valence-corrected chi connectivity index (χ3v) is 5.03. The van der Waals surface area contributed by atoms with Crippen molar-refractivity contribution in [3.05, 3.63) is 48.8 Å². The number of nitrogens with zero attached hydrogens (tertiary/aromatic N) is 6. The molecule has 3 amide bonds. The number of benzene rings is 2. The van der Waals surface area contributed by atoms with Crippen LogP contribution >= 0.6 is 0 Å². The van der Waals surface area contributed by atoms with Crippen LogP contribution in [-0.2, 0) is 4.79 Å². The van der Waals surface area contributed by atoms with E-state index >= 15 is 0 Å². The van der Waals surface area contributed by atoms with Gasteiger partial charge in [0.25, 0.3) is 0 Å². The number of carbonyl (C=O) groups excluding carboxylic acids is 2. The van der Waals surface area contributed by atoms with Crippen molar-refractivity contribution in [2.24, 2.45) is 0 Å². The molecule has 11 heteroatoms. The Labute approximate surface area is 177 Å². The highest BCUT2D eigenvalue weighted by molar-refractivity contribution is 5.99. The molecule has 1 saturated heterocycles. The zero-order chi connectivity index (χ0) is 21.2. The standard InChI is InChI=1S/C20H19N7O4/c28-19(22-14-1-3-15(4-2-14)27-13-21-23-24-27)12-25-7-8-26(20(25)29)16-5-6-17-18(11-16)31-10-9-30-17/h1-6,11,13H,7-10,12H2,(H,22,28). The predicted octanol–water partition coefficient (Wildman–Crippen LogP) is 1.31. The van der Waals surface area contributed by atoms with Gasteiger partial charge < -0.3 is 19.7 Å². The van der Waals surface area contributed by atoms with E-state index in [2.05, 4.69) is 20.8 Å². The van der Waals surface area contributed by atoms with Crippen LogP contribution in [0.5, 0.6) is 11.5 Å². The summed E-state index contributed by atoms with van der Waals surface area (Å²) in [6.07, 6.45) is 1.49. The highest BCUT2D eigenvalue weighted by atomic mass is 16.6. The van der Waals surface area contributed by atoms with Crippen molar-refractivity contribution in [1.29, 1.82) is 0 Å². The normalized spacial score (nSPS) is 15.3. The summed E-state index contributed by atoms with van der Waals surface area (Å²) in [5.74, 6) is 1.02. The Morgan fingerprint density at radius 2 is 1.77 bits per heavy atom. The molecule has 0 aliphatic carbocycles. The molecule has 5 rings (SSSR count). The number of aromatic nitrogens is 4. The molecule has 1 fully saturated rings. The lowest BCUT2D eigenvalue weighted by Crippen LogP contribution is -2.37. The van der Waals surface area contributed by atoms with E-state index in [0.717, 1.165) is 11.4 Å². The van der Waals surface area contributed by atoms with Crippen LogP contribution in [0.25, 0.3) is 5.69 Å². The first kappa shape index (κ1) is 18.9. The fourth-order valence-electron chi connectivity index (χ4n) is 3.52. The molecule has 158 valence electrons. The Morgan fingerprint density at radius 1 is 1.00 bits per heavy atom. The molecule has 0 unspecified atom stereocenters. The van der Waals surface area contributed by atoms with E-state index in [9.17, 15) is 9.59 Å². The molecule has 11 nitrogen and oxygen atoms in total. The average Bonchev–Trinajstić information content (AvgIpc) is 3.45. The van der Waals surface area contributed by atoms with Crippen LogP contribution in [0.3, 0.4) is 0 Å². The number of anilines is 2. The molecule has 0 radical (unpaired) electrons. The second kappa shape index (κ2) is 7.94. The van der Waals surface area contributed by atoms with Crippen LogP contribution in [0, 0.1) is 0 Å². The van der Waals surface area contributed by atoms with Crippen LogP contribution in [0.1, 0.15) is 0 Å². The molecule has 1 N–H and O–H groups in total. The maximum Gasteiger partial charge on any atom is 0.325 e. The smallest absolute Gasteiger partial charge is 0.325 e. The van der Waals surface area contributed by atoms with Crippen LogP contribution in [0.4, 0.5) is 16.2 Å². The molecule has 0 spiro atoms. The fraction of sp³-hybridized carbons (Fsp3) is 0.250. The highest BCUT2D eigenvalue weighted by Crippen LogP contribution is 2.35. The van der Waals surface area contributed by atoms with Gasteiger partial charge in [-0.2, -0.15) is 0 Å². The summed E-state index contributed by atoms with van der Waals surface area (Å²) >= 11 is 0. The maximum absolute atomic E-state index is 12.8. The number of hydrogen-bond donors (Lipinski definition) is 1. The summed E-state index contributed by atoms with van der Waals surface area (Å²) in [6.45, 7) is 1.91. The number of tetrazole rings is 1. The van der Waals surface area contributed by atoms with Gasteiger partial charge in [0.15, 0.2) is 11.5 Å². The van der Waals surface area contributed by atoms with Crippen molar-refractivity contribution in [3.8, 4) is 17.2 Å². The van der Waals surface area contributed by atoms with Crippen molar-refractivity contribution in [2.75, 3.05) is 43.1 Å². The second-order valence-electron chi connectivity index (χ2n) is 7.03. The summed E-state index contributed by atoms with van der Waals surface area (Å²) in [5, 5.41) is 13.8. The van der Waals surface area contributed by atoms with E-state index < -0.39 is 0 Å². The SMILES string of the molecule is O=C(CN1CCN(c2ccc3c(c2)OCCO3)C1=O)Nc1ccc(-n2cnnn2)cc1. The molecule has 2 aliphatic heterocycles. The zero-order valence-corrected chi connectivity index (χ0v) is 16.5. The topological polar surface area (TPSA) is 115 Å². The zero-order valence-electron chi connectivity index (χ0n) is 16.5. The molecule has 2 aliphatic rings. The monoisotopic (exact) mass is 421 g/mol. The van der Waals surface area contributed by atoms with Crippen molar-refractivity contribution < 1.29 is 19.1 Å². The summed E-state index contributed by atoms with van der Waals surface area (Å²) < 4.78 is 12.6. The first-order chi connectivity index (χ1) is 15.2. The minimum absolute atomic E-state index is 0.0331. The number of nitrogens with one attached hydrogen (secondary N) is 1. The Hall–Kier alpha value is -4.15. The molecular formula is C20H19N7O4. The van der Waals surface area contributed by atoms with Crippen LogP contribution in [0.2, 0.25) is 0 Å². The molecule has 3 aromatic rings. The Kier molecular flexibility index (Phi) is 4.83. The fourth-order valence-corrected chi connectivity index (χ4v) is 3.52. The second-order valence-corrected chi connectivity index (χ2v) is 7.03. The minimum atomic E-state index is -0.271. The highest BCUT2D eigenvalue weighted by Gasteiger charge is 2.31. The third kappa shape index (κ3) is 3.84. The lowest BCUT2D eigenvalue weighted by Gasteiger charge is -2.22. The number of urea groups is 1. The first-order valence-electron chi connectivity index (χ1n) is 9.77. The molecule has 0 bridgehead atoms. The van der Waals surface area contributed by atoms with E-state index in [1.54, 1.807) is 41.3 Å². The number of hydrogen-bond acceptors (Lipinski definition) is 7. The summed E-state index contributed by atoms with van der Waals surface area (Å²) in [5.41, 5.74) is 2.11. The number of fused-ring (bicyclic) bond motifs is 1. The summed E-state index contributed by atoms with van der Waals surface area (Å²) in [6, 6.07) is 12.3. The van der Waals surface area contributed by atoms with Crippen molar-refractivity contribution in [1.82, 2.24) is 25.1 Å². The molecule has 3 heterocycles. The predicted molar refractivity (Wildman–Crippen MR) is 110 cm³/mol. The van der Waals surface area contributed by atoms with Gasteiger partial charge in [0.05, 0.1) is 5.69 Å². The van der Waals surface area contributed by atoms with Gasteiger partial charge in [-0.15, -0.1) is 5.10 Å². The third-order valence-electron chi connectivity index (χ3n) is 5.03. The Balaban J connectivity index is 1.20. The van der Waals surface area contributed by atoms with E-state index in [-0.39, 0.29) is 18.5 Å². The first-order valence-corrected chi connectivity index (χ1v) is 9.77. The molecular weight excluding hydrogens is 402 g/mol. The molecule has 31 heavy (non-hydrogen) atoms. The number of amides is 3. The van der Waals surface area contributed by atoms with Crippen molar-refractivity contribution >= 4 is 23.3 Å². The molecule has 1 aromatic heterocycles. The number of rotatable bonds is 5. The van der Waals surface area contributed by atoms with Crippen LogP contribution < -0.4 is 19.7 Å². The number of carbonyl (C=O) groups is 2. The van der Waals surface area contributed by atoms with Gasteiger partial charge in [-0.05, 0) is 46.8 Å².